The zero-order valence-corrected chi connectivity index (χ0v) is 11.2. The van der Waals surface area contributed by atoms with Crippen LogP contribution in [-0.2, 0) is 14.9 Å². The Morgan fingerprint density at radius 1 is 1.33 bits per heavy atom. The lowest BCUT2D eigenvalue weighted by Gasteiger charge is -2.40. The van der Waals surface area contributed by atoms with Crippen LogP contribution in [0.2, 0.25) is 0 Å². The van der Waals surface area contributed by atoms with Gasteiger partial charge in [-0.05, 0) is 37.5 Å². The lowest BCUT2D eigenvalue weighted by Crippen LogP contribution is -2.53. The fraction of sp³-hybridized carbons (Fsp3) is 0.500. The first-order chi connectivity index (χ1) is 8.44. The third kappa shape index (κ3) is 1.60. The quantitative estimate of drug-likeness (QED) is 0.891. The number of carboxylic acid groups (broad SMARTS) is 1. The number of ether oxygens (including phenoxy) is 2. The van der Waals surface area contributed by atoms with Gasteiger partial charge in [0.25, 0.3) is 0 Å². The Balaban J connectivity index is 2.70. The van der Waals surface area contributed by atoms with Crippen LogP contribution >= 0.6 is 0 Å². The van der Waals surface area contributed by atoms with Crippen LogP contribution in [0.25, 0.3) is 0 Å². The molecule has 0 spiro atoms. The van der Waals surface area contributed by atoms with E-state index in [2.05, 4.69) is 0 Å². The molecule has 1 aromatic rings. The van der Waals surface area contributed by atoms with Crippen molar-refractivity contribution in [2.75, 3.05) is 20.3 Å². The molecule has 1 aromatic carbocycles. The van der Waals surface area contributed by atoms with Crippen molar-refractivity contribution in [3.8, 4) is 5.75 Å². The van der Waals surface area contributed by atoms with Gasteiger partial charge in [0, 0.05) is 5.56 Å². The molecule has 0 atom stereocenters. The van der Waals surface area contributed by atoms with E-state index in [4.69, 9.17) is 9.47 Å². The molecule has 0 radical (unpaired) electrons. The summed E-state index contributed by atoms with van der Waals surface area (Å²) in [4.78, 5) is 11.6. The van der Waals surface area contributed by atoms with Crippen LogP contribution in [0.5, 0.6) is 5.75 Å². The molecule has 18 heavy (non-hydrogen) atoms. The van der Waals surface area contributed by atoms with Crippen molar-refractivity contribution in [2.45, 2.75) is 26.2 Å². The van der Waals surface area contributed by atoms with E-state index in [0.29, 0.717) is 5.75 Å². The van der Waals surface area contributed by atoms with Gasteiger partial charge >= 0.3 is 5.97 Å². The molecule has 98 valence electrons. The number of aliphatic carboxylic acids is 1. The third-order valence-electron chi connectivity index (χ3n) is 3.78. The number of benzene rings is 1. The fourth-order valence-electron chi connectivity index (χ4n) is 2.58. The van der Waals surface area contributed by atoms with E-state index in [1.165, 1.54) is 0 Å². The summed E-state index contributed by atoms with van der Waals surface area (Å²) in [6.07, 6.45) is 0. The van der Waals surface area contributed by atoms with Crippen molar-refractivity contribution in [1.29, 1.82) is 0 Å². The van der Waals surface area contributed by atoms with E-state index in [9.17, 15) is 9.90 Å². The Bertz CT molecular complexity index is 501. The van der Waals surface area contributed by atoms with Crippen LogP contribution in [0.15, 0.2) is 6.07 Å². The first-order valence-electron chi connectivity index (χ1n) is 5.90. The van der Waals surface area contributed by atoms with E-state index < -0.39 is 11.4 Å². The Kier molecular flexibility index (Phi) is 3.07. The van der Waals surface area contributed by atoms with Crippen molar-refractivity contribution >= 4 is 5.97 Å². The van der Waals surface area contributed by atoms with Gasteiger partial charge in [0.2, 0.25) is 0 Å². The van der Waals surface area contributed by atoms with Gasteiger partial charge in [0.15, 0.2) is 0 Å². The molecule has 0 aliphatic carbocycles. The van der Waals surface area contributed by atoms with E-state index in [1.807, 2.05) is 26.8 Å². The number of aryl methyl sites for hydroxylation is 2. The first kappa shape index (κ1) is 12.9. The second-order valence-corrected chi connectivity index (χ2v) is 4.92. The Morgan fingerprint density at radius 3 is 2.33 bits per heavy atom. The topological polar surface area (TPSA) is 55.8 Å². The van der Waals surface area contributed by atoms with Gasteiger partial charge in [-0.2, -0.15) is 0 Å². The molecule has 1 saturated heterocycles. The van der Waals surface area contributed by atoms with Crippen LogP contribution in [0.1, 0.15) is 22.3 Å². The maximum absolute atomic E-state index is 11.6. The minimum atomic E-state index is -0.951. The fourth-order valence-corrected chi connectivity index (χ4v) is 2.58. The van der Waals surface area contributed by atoms with Crippen molar-refractivity contribution < 1.29 is 19.4 Å². The summed E-state index contributed by atoms with van der Waals surface area (Å²) >= 11 is 0. The largest absolute Gasteiger partial charge is 0.496 e. The molecule has 1 fully saturated rings. The molecule has 1 aliphatic rings. The number of methoxy groups -OCH3 is 1. The lowest BCUT2D eigenvalue weighted by molar-refractivity contribution is -0.163. The summed E-state index contributed by atoms with van der Waals surface area (Å²) in [5.41, 5.74) is 2.85. The number of hydrogen-bond acceptors (Lipinski definition) is 3. The minimum Gasteiger partial charge on any atom is -0.496 e. The van der Waals surface area contributed by atoms with Gasteiger partial charge in [-0.3, -0.25) is 4.79 Å². The molecular weight excluding hydrogens is 232 g/mol. The van der Waals surface area contributed by atoms with Crippen LogP contribution < -0.4 is 4.74 Å². The minimum absolute atomic E-state index is 0.210. The van der Waals surface area contributed by atoms with Crippen molar-refractivity contribution in [2.24, 2.45) is 0 Å². The standard InChI is InChI=1S/C14H18O4/c1-8-5-9(2)11(12(17-4)10(8)3)14(13(15)16)6-18-7-14/h5H,6-7H2,1-4H3,(H,15,16). The number of carbonyl (C=O) groups is 1. The molecule has 0 saturated carbocycles. The molecule has 1 aliphatic heterocycles. The highest BCUT2D eigenvalue weighted by molar-refractivity contribution is 5.85. The first-order valence-corrected chi connectivity index (χ1v) is 5.90. The van der Waals surface area contributed by atoms with Gasteiger partial charge in [0.1, 0.15) is 11.2 Å². The Labute approximate surface area is 107 Å². The highest BCUT2D eigenvalue weighted by Crippen LogP contribution is 2.42. The molecule has 0 amide bonds. The van der Waals surface area contributed by atoms with E-state index in [1.54, 1.807) is 7.11 Å². The summed E-state index contributed by atoms with van der Waals surface area (Å²) in [6.45, 7) is 6.29. The molecule has 4 heteroatoms. The second-order valence-electron chi connectivity index (χ2n) is 4.92. The molecule has 0 unspecified atom stereocenters. The maximum Gasteiger partial charge on any atom is 0.319 e. The van der Waals surface area contributed by atoms with Crippen molar-refractivity contribution in [3.05, 3.63) is 28.3 Å². The summed E-state index contributed by atoms with van der Waals surface area (Å²) in [5, 5.41) is 9.51. The molecule has 4 nitrogen and oxygen atoms in total. The highest BCUT2D eigenvalue weighted by atomic mass is 16.5. The van der Waals surface area contributed by atoms with Gasteiger partial charge in [-0.15, -0.1) is 0 Å². The summed E-state index contributed by atoms with van der Waals surface area (Å²) in [5.74, 6) is -0.170. The summed E-state index contributed by atoms with van der Waals surface area (Å²) in [7, 11) is 1.58. The van der Waals surface area contributed by atoms with Crippen LogP contribution in [0, 0.1) is 20.8 Å². The average Bonchev–Trinajstić information content (AvgIpc) is 2.23. The van der Waals surface area contributed by atoms with E-state index in [-0.39, 0.29) is 13.2 Å². The number of rotatable bonds is 3. The normalized spacial score (nSPS) is 17.1. The van der Waals surface area contributed by atoms with Gasteiger partial charge < -0.3 is 14.6 Å². The van der Waals surface area contributed by atoms with Gasteiger partial charge in [0.05, 0.1) is 20.3 Å². The second kappa shape index (κ2) is 4.28. The zero-order valence-electron chi connectivity index (χ0n) is 11.2. The predicted molar refractivity (Wildman–Crippen MR) is 67.3 cm³/mol. The smallest absolute Gasteiger partial charge is 0.319 e. The lowest BCUT2D eigenvalue weighted by atomic mass is 9.75. The Morgan fingerprint density at radius 2 is 1.94 bits per heavy atom. The van der Waals surface area contributed by atoms with E-state index in [0.717, 1.165) is 22.3 Å². The number of carboxylic acids is 1. The van der Waals surface area contributed by atoms with Crippen molar-refractivity contribution in [1.82, 2.24) is 0 Å². The highest BCUT2D eigenvalue weighted by Gasteiger charge is 2.50. The van der Waals surface area contributed by atoms with Crippen LogP contribution in [0.3, 0.4) is 0 Å². The monoisotopic (exact) mass is 250 g/mol. The SMILES string of the molecule is COc1c(C)c(C)cc(C)c1C1(C(=O)O)COC1. The molecular formula is C14H18O4. The predicted octanol–water partition coefficient (Wildman–Crippen LogP) is 1.97. The van der Waals surface area contributed by atoms with Crippen molar-refractivity contribution in [3.63, 3.8) is 0 Å². The number of hydrogen-bond donors (Lipinski definition) is 1. The van der Waals surface area contributed by atoms with Gasteiger partial charge in [-0.25, -0.2) is 0 Å². The molecule has 0 bridgehead atoms. The van der Waals surface area contributed by atoms with Gasteiger partial charge in [-0.1, -0.05) is 6.07 Å². The van der Waals surface area contributed by atoms with E-state index >= 15 is 0 Å². The van der Waals surface area contributed by atoms with Crippen LogP contribution in [0.4, 0.5) is 0 Å². The summed E-state index contributed by atoms with van der Waals surface area (Å²) < 4.78 is 10.6. The summed E-state index contributed by atoms with van der Waals surface area (Å²) in [6, 6.07) is 2.01. The average molecular weight is 250 g/mol. The molecule has 1 heterocycles. The molecule has 1 N–H and O–H groups in total. The Hall–Kier alpha value is -1.55. The third-order valence-corrected chi connectivity index (χ3v) is 3.78. The zero-order chi connectivity index (χ0) is 13.5. The molecule has 2 rings (SSSR count). The maximum atomic E-state index is 11.6. The molecule has 0 aromatic heterocycles. The van der Waals surface area contributed by atoms with Crippen LogP contribution in [-0.4, -0.2) is 31.4 Å².